The van der Waals surface area contributed by atoms with E-state index < -0.39 is 0 Å². The number of ether oxygens (including phenoxy) is 1. The minimum atomic E-state index is -0.0629. The van der Waals surface area contributed by atoms with Crippen LogP contribution in [0.1, 0.15) is 11.1 Å². The number of guanidine groups is 1. The van der Waals surface area contributed by atoms with Crippen molar-refractivity contribution in [3.63, 3.8) is 0 Å². The molecular formula is C16H18N4O. The molecule has 0 aliphatic heterocycles. The van der Waals surface area contributed by atoms with Crippen LogP contribution in [0.3, 0.4) is 0 Å². The highest BCUT2D eigenvalue weighted by molar-refractivity contribution is 5.81. The number of hydrogen-bond acceptors (Lipinski definition) is 3. The van der Waals surface area contributed by atoms with Crippen molar-refractivity contribution < 1.29 is 4.74 Å². The summed E-state index contributed by atoms with van der Waals surface area (Å²) in [7, 11) is 0. The van der Waals surface area contributed by atoms with E-state index in [1.807, 2.05) is 42.5 Å². The summed E-state index contributed by atoms with van der Waals surface area (Å²) in [6, 6.07) is 17.8. The normalized spacial score (nSPS) is 10.5. The first-order chi connectivity index (χ1) is 10.2. The Hall–Kier alpha value is -2.82. The van der Waals surface area contributed by atoms with Crippen LogP contribution in [0.2, 0.25) is 0 Å². The molecule has 0 radical (unpaired) electrons. The third-order valence-electron chi connectivity index (χ3n) is 2.76. The van der Waals surface area contributed by atoms with Crippen molar-refractivity contribution in [2.24, 2.45) is 21.7 Å². The van der Waals surface area contributed by atoms with E-state index in [0.717, 1.165) is 17.7 Å². The molecule has 5 nitrogen and oxygen atoms in total. The van der Waals surface area contributed by atoms with Crippen LogP contribution in [0.4, 0.5) is 0 Å². The average Bonchev–Trinajstić information content (AvgIpc) is 2.50. The molecule has 0 atom stereocenters. The number of hydrogen-bond donors (Lipinski definition) is 2. The molecule has 2 aromatic rings. The number of nitrogens with zero attached hydrogens (tertiary/aromatic N) is 2. The molecule has 0 spiro atoms. The second kappa shape index (κ2) is 7.69. The Bertz CT molecular complexity index is 602. The van der Waals surface area contributed by atoms with Crippen molar-refractivity contribution in [2.75, 3.05) is 6.61 Å². The zero-order valence-electron chi connectivity index (χ0n) is 11.6. The van der Waals surface area contributed by atoms with Crippen LogP contribution < -0.4 is 16.2 Å². The van der Waals surface area contributed by atoms with Gasteiger partial charge in [0.1, 0.15) is 5.75 Å². The molecule has 0 aliphatic carbocycles. The Morgan fingerprint density at radius 3 is 2.38 bits per heavy atom. The van der Waals surface area contributed by atoms with Gasteiger partial charge in [-0.3, -0.25) is 0 Å². The van der Waals surface area contributed by atoms with Gasteiger partial charge in [0.05, 0.1) is 12.8 Å². The summed E-state index contributed by atoms with van der Waals surface area (Å²) in [5, 5.41) is 7.28. The fraction of sp³-hybridized carbons (Fsp3) is 0.125. The fourth-order valence-corrected chi connectivity index (χ4v) is 1.74. The van der Waals surface area contributed by atoms with E-state index in [1.165, 1.54) is 5.56 Å². The summed E-state index contributed by atoms with van der Waals surface area (Å²) in [6.45, 7) is 0.644. The first kappa shape index (κ1) is 14.6. The van der Waals surface area contributed by atoms with E-state index in [1.54, 1.807) is 6.21 Å². The largest absolute Gasteiger partial charge is 0.493 e. The second-order valence-corrected chi connectivity index (χ2v) is 4.42. The maximum absolute atomic E-state index is 5.70. The van der Waals surface area contributed by atoms with Crippen LogP contribution in [0.15, 0.2) is 64.8 Å². The molecule has 0 aromatic heterocycles. The van der Waals surface area contributed by atoms with Gasteiger partial charge >= 0.3 is 0 Å². The van der Waals surface area contributed by atoms with Gasteiger partial charge in [-0.1, -0.05) is 30.3 Å². The van der Waals surface area contributed by atoms with Gasteiger partial charge in [0.15, 0.2) is 0 Å². The Balaban J connectivity index is 1.82. The van der Waals surface area contributed by atoms with Crippen molar-refractivity contribution in [3.05, 3.63) is 65.7 Å². The minimum absolute atomic E-state index is 0.0629. The van der Waals surface area contributed by atoms with Gasteiger partial charge in [-0.15, -0.1) is 5.10 Å². The molecule has 2 rings (SSSR count). The molecule has 0 fully saturated rings. The third-order valence-corrected chi connectivity index (χ3v) is 2.76. The monoisotopic (exact) mass is 282 g/mol. The Labute approximate surface area is 124 Å². The molecule has 0 amide bonds. The fourth-order valence-electron chi connectivity index (χ4n) is 1.74. The summed E-state index contributed by atoms with van der Waals surface area (Å²) in [4.78, 5) is 0. The van der Waals surface area contributed by atoms with Gasteiger partial charge in [0.2, 0.25) is 5.96 Å². The van der Waals surface area contributed by atoms with E-state index in [2.05, 4.69) is 22.3 Å². The minimum Gasteiger partial charge on any atom is -0.493 e. The van der Waals surface area contributed by atoms with Crippen molar-refractivity contribution in [2.45, 2.75) is 6.42 Å². The highest BCUT2D eigenvalue weighted by Crippen LogP contribution is 2.12. The standard InChI is InChI=1S/C16H18N4O/c17-16(18)20-19-12-14-6-8-15(9-7-14)21-11-10-13-4-2-1-3-5-13/h1-9,12H,10-11H2,(H4,17,18,20)/b19-12+. The third kappa shape index (κ3) is 5.36. The van der Waals surface area contributed by atoms with Gasteiger partial charge in [-0.25, -0.2) is 0 Å². The van der Waals surface area contributed by atoms with Gasteiger partial charge < -0.3 is 16.2 Å². The van der Waals surface area contributed by atoms with Crippen molar-refractivity contribution >= 4 is 12.2 Å². The Morgan fingerprint density at radius 1 is 1.00 bits per heavy atom. The molecule has 0 heterocycles. The topological polar surface area (TPSA) is 86.0 Å². The predicted molar refractivity (Wildman–Crippen MR) is 85.5 cm³/mol. The highest BCUT2D eigenvalue weighted by atomic mass is 16.5. The molecule has 4 N–H and O–H groups in total. The van der Waals surface area contributed by atoms with Gasteiger partial charge in [-0.2, -0.15) is 5.10 Å². The summed E-state index contributed by atoms with van der Waals surface area (Å²) in [5.41, 5.74) is 12.5. The molecule has 0 saturated carbocycles. The number of benzene rings is 2. The quantitative estimate of drug-likeness (QED) is 0.482. The molecule has 2 aromatic carbocycles. The Kier molecular flexibility index (Phi) is 5.34. The van der Waals surface area contributed by atoms with E-state index in [-0.39, 0.29) is 5.96 Å². The molecule has 0 bridgehead atoms. The summed E-state index contributed by atoms with van der Waals surface area (Å²) < 4.78 is 5.70. The smallest absolute Gasteiger partial charge is 0.211 e. The molecule has 21 heavy (non-hydrogen) atoms. The summed E-state index contributed by atoms with van der Waals surface area (Å²) in [6.07, 6.45) is 2.46. The second-order valence-electron chi connectivity index (χ2n) is 4.42. The first-order valence-corrected chi connectivity index (χ1v) is 6.63. The summed E-state index contributed by atoms with van der Waals surface area (Å²) >= 11 is 0. The molecule has 0 saturated heterocycles. The van der Waals surface area contributed by atoms with E-state index in [0.29, 0.717) is 6.61 Å². The van der Waals surface area contributed by atoms with Gasteiger partial charge in [0, 0.05) is 6.42 Å². The number of rotatable bonds is 6. The molecule has 5 heteroatoms. The number of nitrogens with two attached hydrogens (primary N) is 2. The highest BCUT2D eigenvalue weighted by Gasteiger charge is 1.95. The lowest BCUT2D eigenvalue weighted by atomic mass is 10.2. The van der Waals surface area contributed by atoms with Gasteiger partial charge in [0.25, 0.3) is 0 Å². The SMILES string of the molecule is NC(N)=N/N=C/c1ccc(OCCc2ccccc2)cc1. The average molecular weight is 282 g/mol. The van der Waals surface area contributed by atoms with E-state index in [9.17, 15) is 0 Å². The zero-order valence-corrected chi connectivity index (χ0v) is 11.6. The van der Waals surface area contributed by atoms with Crippen LogP contribution in [0, 0.1) is 0 Å². The van der Waals surface area contributed by atoms with Gasteiger partial charge in [-0.05, 0) is 35.4 Å². The maximum Gasteiger partial charge on any atom is 0.211 e. The lowest BCUT2D eigenvalue weighted by Crippen LogP contribution is -2.21. The maximum atomic E-state index is 5.70. The lowest BCUT2D eigenvalue weighted by Gasteiger charge is -2.06. The van der Waals surface area contributed by atoms with Crippen molar-refractivity contribution in [1.82, 2.24) is 0 Å². The van der Waals surface area contributed by atoms with Crippen LogP contribution in [-0.4, -0.2) is 18.8 Å². The van der Waals surface area contributed by atoms with Crippen LogP contribution in [-0.2, 0) is 6.42 Å². The molecular weight excluding hydrogens is 264 g/mol. The van der Waals surface area contributed by atoms with E-state index >= 15 is 0 Å². The van der Waals surface area contributed by atoms with Crippen molar-refractivity contribution in [3.8, 4) is 5.75 Å². The van der Waals surface area contributed by atoms with E-state index in [4.69, 9.17) is 16.2 Å². The predicted octanol–water partition coefficient (Wildman–Crippen LogP) is 1.92. The van der Waals surface area contributed by atoms with Crippen LogP contribution in [0.25, 0.3) is 0 Å². The van der Waals surface area contributed by atoms with Crippen molar-refractivity contribution in [1.29, 1.82) is 0 Å². The van der Waals surface area contributed by atoms with Crippen LogP contribution in [0.5, 0.6) is 5.75 Å². The van der Waals surface area contributed by atoms with Crippen LogP contribution >= 0.6 is 0 Å². The molecule has 0 aliphatic rings. The lowest BCUT2D eigenvalue weighted by molar-refractivity contribution is 0.322. The zero-order chi connectivity index (χ0) is 14.9. The molecule has 108 valence electrons. The Morgan fingerprint density at radius 2 is 1.71 bits per heavy atom. The first-order valence-electron chi connectivity index (χ1n) is 6.63. The summed E-state index contributed by atoms with van der Waals surface area (Å²) in [5.74, 6) is 0.761. The molecule has 0 unspecified atom stereocenters.